The van der Waals surface area contributed by atoms with Crippen LogP contribution in [-0.4, -0.2) is 85.6 Å². The van der Waals surface area contributed by atoms with E-state index in [1.54, 1.807) is 18.5 Å². The molecule has 26 heavy (non-hydrogen) atoms. The standard InChI is InChI=1S/C18H24N4O4/c23-16(15-13-8-25-9-14(13)15)21-5-7-26-18(10-21)11-22(4-6-24-12-18)17-19-2-1-3-20-17/h1-3,13-15H,4-12H2/t13-,14+,15?,18?. The molecule has 2 unspecified atom stereocenters. The first-order chi connectivity index (χ1) is 12.8. The molecule has 0 bridgehead atoms. The Kier molecular flexibility index (Phi) is 4.06. The number of carbonyl (C=O) groups is 1. The highest BCUT2D eigenvalue weighted by Crippen LogP contribution is 2.51. The van der Waals surface area contributed by atoms with Crippen LogP contribution < -0.4 is 4.90 Å². The van der Waals surface area contributed by atoms with Crippen molar-refractivity contribution in [3.05, 3.63) is 18.5 Å². The highest BCUT2D eigenvalue weighted by Gasteiger charge is 2.59. The average Bonchev–Trinajstić information content (AvgIpc) is 3.24. The van der Waals surface area contributed by atoms with E-state index in [0.717, 1.165) is 13.2 Å². The number of hydrogen-bond acceptors (Lipinski definition) is 7. The van der Waals surface area contributed by atoms with Crippen LogP contribution in [0.1, 0.15) is 0 Å². The topological polar surface area (TPSA) is 77.0 Å². The van der Waals surface area contributed by atoms with Gasteiger partial charge in [-0.15, -0.1) is 0 Å². The first-order valence-corrected chi connectivity index (χ1v) is 9.36. The molecule has 4 fully saturated rings. The van der Waals surface area contributed by atoms with Gasteiger partial charge in [0.2, 0.25) is 11.9 Å². The van der Waals surface area contributed by atoms with Crippen molar-refractivity contribution in [1.29, 1.82) is 0 Å². The Labute approximate surface area is 152 Å². The van der Waals surface area contributed by atoms with Gasteiger partial charge in [0, 0.05) is 31.4 Å². The first kappa shape index (κ1) is 16.4. The second kappa shape index (κ2) is 6.44. The van der Waals surface area contributed by atoms with E-state index >= 15 is 0 Å². The maximum absolute atomic E-state index is 13.0. The Morgan fingerprint density at radius 1 is 1.08 bits per heavy atom. The zero-order chi connectivity index (χ0) is 17.6. The lowest BCUT2D eigenvalue weighted by molar-refractivity contribution is -0.159. The molecule has 4 atom stereocenters. The molecule has 8 nitrogen and oxygen atoms in total. The van der Waals surface area contributed by atoms with E-state index in [0.29, 0.717) is 63.8 Å². The molecule has 1 saturated carbocycles. The van der Waals surface area contributed by atoms with E-state index in [4.69, 9.17) is 14.2 Å². The number of rotatable bonds is 2. The van der Waals surface area contributed by atoms with Crippen molar-refractivity contribution in [2.45, 2.75) is 5.60 Å². The molecule has 1 amide bonds. The first-order valence-electron chi connectivity index (χ1n) is 9.36. The van der Waals surface area contributed by atoms with Gasteiger partial charge in [0.05, 0.1) is 46.1 Å². The molecule has 1 spiro atoms. The summed E-state index contributed by atoms with van der Waals surface area (Å²) in [6.07, 6.45) is 3.48. The number of carbonyl (C=O) groups excluding carboxylic acids is 1. The molecule has 1 aromatic rings. The SMILES string of the molecule is O=C(C1[C@H]2COC[C@@H]12)N1CCOC2(COCCN(c3ncccn3)C2)C1. The van der Waals surface area contributed by atoms with E-state index in [-0.39, 0.29) is 11.8 Å². The summed E-state index contributed by atoms with van der Waals surface area (Å²) in [7, 11) is 0. The molecule has 3 aliphatic heterocycles. The Hall–Kier alpha value is -1.77. The van der Waals surface area contributed by atoms with E-state index in [1.807, 2.05) is 4.90 Å². The minimum absolute atomic E-state index is 0.152. The third kappa shape index (κ3) is 2.86. The van der Waals surface area contributed by atoms with Crippen molar-refractivity contribution in [3.63, 3.8) is 0 Å². The summed E-state index contributed by atoms with van der Waals surface area (Å²) < 4.78 is 17.4. The van der Waals surface area contributed by atoms with Gasteiger partial charge in [-0.1, -0.05) is 0 Å². The van der Waals surface area contributed by atoms with Crippen LogP contribution in [0.25, 0.3) is 0 Å². The molecule has 8 heteroatoms. The maximum atomic E-state index is 13.0. The Morgan fingerprint density at radius 3 is 2.69 bits per heavy atom. The molecule has 1 aromatic heterocycles. The van der Waals surface area contributed by atoms with Gasteiger partial charge >= 0.3 is 0 Å². The van der Waals surface area contributed by atoms with Gasteiger partial charge in [-0.3, -0.25) is 4.79 Å². The molecule has 0 aromatic carbocycles. The number of morpholine rings is 1. The van der Waals surface area contributed by atoms with Gasteiger partial charge in [0.15, 0.2) is 0 Å². The fourth-order valence-corrected chi connectivity index (χ4v) is 4.56. The fraction of sp³-hybridized carbons (Fsp3) is 0.722. The van der Waals surface area contributed by atoms with E-state index in [9.17, 15) is 4.79 Å². The second-order valence-electron chi connectivity index (χ2n) is 7.71. The monoisotopic (exact) mass is 360 g/mol. The van der Waals surface area contributed by atoms with Gasteiger partial charge in [0.25, 0.3) is 0 Å². The van der Waals surface area contributed by atoms with Gasteiger partial charge in [0.1, 0.15) is 5.60 Å². The number of anilines is 1. The lowest BCUT2D eigenvalue weighted by atomic mass is 10.0. The number of hydrogen-bond donors (Lipinski definition) is 0. The quantitative estimate of drug-likeness (QED) is 0.723. The minimum Gasteiger partial charge on any atom is -0.381 e. The van der Waals surface area contributed by atoms with Gasteiger partial charge in [-0.25, -0.2) is 9.97 Å². The summed E-state index contributed by atoms with van der Waals surface area (Å²) in [5, 5.41) is 0. The molecule has 0 N–H and O–H groups in total. The van der Waals surface area contributed by atoms with Crippen LogP contribution in [0.4, 0.5) is 5.95 Å². The van der Waals surface area contributed by atoms with Crippen LogP contribution in [-0.2, 0) is 19.0 Å². The zero-order valence-corrected chi connectivity index (χ0v) is 14.7. The van der Waals surface area contributed by atoms with Crippen LogP contribution in [0.3, 0.4) is 0 Å². The Morgan fingerprint density at radius 2 is 1.88 bits per heavy atom. The number of aromatic nitrogens is 2. The van der Waals surface area contributed by atoms with Crippen LogP contribution >= 0.6 is 0 Å². The Balaban J connectivity index is 1.31. The molecule has 4 heterocycles. The molecule has 1 aliphatic carbocycles. The lowest BCUT2D eigenvalue weighted by Crippen LogP contribution is -2.60. The van der Waals surface area contributed by atoms with Crippen LogP contribution in [0.15, 0.2) is 18.5 Å². The average molecular weight is 360 g/mol. The molecule has 5 rings (SSSR count). The number of amides is 1. The second-order valence-corrected chi connectivity index (χ2v) is 7.71. The third-order valence-corrected chi connectivity index (χ3v) is 5.98. The van der Waals surface area contributed by atoms with Crippen molar-refractivity contribution >= 4 is 11.9 Å². The van der Waals surface area contributed by atoms with E-state index in [1.165, 1.54) is 0 Å². The minimum atomic E-state index is -0.524. The van der Waals surface area contributed by atoms with Crippen LogP contribution in [0.5, 0.6) is 0 Å². The predicted octanol–water partition coefficient (Wildman–Crippen LogP) is -0.197. The van der Waals surface area contributed by atoms with Crippen molar-refractivity contribution in [2.24, 2.45) is 17.8 Å². The summed E-state index contributed by atoms with van der Waals surface area (Å²) >= 11 is 0. The van der Waals surface area contributed by atoms with E-state index < -0.39 is 5.60 Å². The molecule has 140 valence electrons. The smallest absolute Gasteiger partial charge is 0.226 e. The van der Waals surface area contributed by atoms with Gasteiger partial charge in [-0.05, 0) is 17.9 Å². The lowest BCUT2D eigenvalue weighted by Gasteiger charge is -2.43. The summed E-state index contributed by atoms with van der Waals surface area (Å²) in [5.41, 5.74) is -0.524. The summed E-state index contributed by atoms with van der Waals surface area (Å²) in [6.45, 7) is 5.65. The van der Waals surface area contributed by atoms with E-state index in [2.05, 4.69) is 14.9 Å². The zero-order valence-electron chi connectivity index (χ0n) is 14.7. The Bertz CT molecular complexity index is 664. The summed E-state index contributed by atoms with van der Waals surface area (Å²) in [6, 6.07) is 1.81. The van der Waals surface area contributed by atoms with Gasteiger partial charge < -0.3 is 24.0 Å². The number of ether oxygens (including phenoxy) is 3. The van der Waals surface area contributed by atoms with Crippen molar-refractivity contribution in [1.82, 2.24) is 14.9 Å². The fourth-order valence-electron chi connectivity index (χ4n) is 4.56. The highest BCUT2D eigenvalue weighted by atomic mass is 16.5. The van der Waals surface area contributed by atoms with Crippen molar-refractivity contribution in [3.8, 4) is 0 Å². The molecule has 3 saturated heterocycles. The number of fused-ring (bicyclic) bond motifs is 1. The van der Waals surface area contributed by atoms with Crippen LogP contribution in [0, 0.1) is 17.8 Å². The third-order valence-electron chi connectivity index (χ3n) is 5.98. The normalized spacial score (nSPS) is 36.7. The molecule has 0 radical (unpaired) electrons. The predicted molar refractivity (Wildman–Crippen MR) is 91.6 cm³/mol. The highest BCUT2D eigenvalue weighted by molar-refractivity contribution is 5.82. The van der Waals surface area contributed by atoms with Crippen molar-refractivity contribution < 1.29 is 19.0 Å². The molecule has 4 aliphatic rings. The number of nitrogens with zero attached hydrogens (tertiary/aromatic N) is 4. The van der Waals surface area contributed by atoms with Crippen LogP contribution in [0.2, 0.25) is 0 Å². The molecular weight excluding hydrogens is 336 g/mol. The maximum Gasteiger partial charge on any atom is 0.226 e. The van der Waals surface area contributed by atoms with Gasteiger partial charge in [-0.2, -0.15) is 0 Å². The summed E-state index contributed by atoms with van der Waals surface area (Å²) in [5.74, 6) is 1.96. The largest absolute Gasteiger partial charge is 0.381 e. The molecular formula is C18H24N4O4. The summed E-state index contributed by atoms with van der Waals surface area (Å²) in [4.78, 5) is 25.8. The van der Waals surface area contributed by atoms with Crippen molar-refractivity contribution in [2.75, 3.05) is 64.1 Å².